The van der Waals surface area contributed by atoms with E-state index in [1.54, 1.807) is 6.07 Å². The van der Waals surface area contributed by atoms with Crippen LogP contribution in [0.2, 0.25) is 10.0 Å². The van der Waals surface area contributed by atoms with E-state index in [9.17, 15) is 0 Å². The van der Waals surface area contributed by atoms with Gasteiger partial charge in [-0.05, 0) is 44.0 Å². The maximum Gasteiger partial charge on any atom is 0.0468 e. The van der Waals surface area contributed by atoms with Crippen LogP contribution in [0, 0.1) is 6.92 Å². The van der Waals surface area contributed by atoms with Crippen LogP contribution in [0.5, 0.6) is 0 Å². The van der Waals surface area contributed by atoms with Crippen molar-refractivity contribution >= 4 is 23.2 Å². The smallest absolute Gasteiger partial charge is 0.0468 e. The molecule has 20 heavy (non-hydrogen) atoms. The molecule has 0 amide bonds. The summed E-state index contributed by atoms with van der Waals surface area (Å²) in [6.45, 7) is 6.36. The van der Waals surface area contributed by atoms with Gasteiger partial charge in [-0.1, -0.05) is 59.1 Å². The van der Waals surface area contributed by atoms with E-state index in [1.807, 2.05) is 12.1 Å². The topological polar surface area (TPSA) is 12.0 Å². The molecule has 0 aromatic heterocycles. The van der Waals surface area contributed by atoms with Gasteiger partial charge < -0.3 is 5.32 Å². The number of hydrogen-bond acceptors (Lipinski definition) is 1. The van der Waals surface area contributed by atoms with Gasteiger partial charge in [0, 0.05) is 22.1 Å². The van der Waals surface area contributed by atoms with Crippen molar-refractivity contribution in [1.82, 2.24) is 5.32 Å². The molecule has 0 saturated heterocycles. The van der Waals surface area contributed by atoms with E-state index in [-0.39, 0.29) is 12.1 Å². The molecule has 2 aromatic rings. The zero-order chi connectivity index (χ0) is 14.7. The van der Waals surface area contributed by atoms with Crippen LogP contribution in [0.1, 0.15) is 42.6 Å². The molecule has 2 aromatic carbocycles. The van der Waals surface area contributed by atoms with E-state index in [4.69, 9.17) is 23.2 Å². The fourth-order valence-corrected chi connectivity index (χ4v) is 2.84. The third-order valence-electron chi connectivity index (χ3n) is 3.51. The van der Waals surface area contributed by atoms with Crippen molar-refractivity contribution in [3.05, 3.63) is 69.2 Å². The van der Waals surface area contributed by atoms with Gasteiger partial charge in [-0.3, -0.25) is 0 Å². The van der Waals surface area contributed by atoms with E-state index >= 15 is 0 Å². The summed E-state index contributed by atoms with van der Waals surface area (Å²) in [6.07, 6.45) is 0. The van der Waals surface area contributed by atoms with Crippen molar-refractivity contribution in [2.75, 3.05) is 0 Å². The molecule has 1 N–H and O–H groups in total. The zero-order valence-electron chi connectivity index (χ0n) is 12.0. The maximum absolute atomic E-state index is 6.25. The normalized spacial score (nSPS) is 14.1. The summed E-state index contributed by atoms with van der Waals surface area (Å²) in [6, 6.07) is 14.6. The Morgan fingerprint density at radius 1 is 0.900 bits per heavy atom. The fraction of sp³-hybridized carbons (Fsp3) is 0.294. The van der Waals surface area contributed by atoms with Gasteiger partial charge in [0.25, 0.3) is 0 Å². The molecule has 0 aliphatic rings. The summed E-state index contributed by atoms with van der Waals surface area (Å²) in [7, 11) is 0. The fourth-order valence-electron chi connectivity index (χ4n) is 2.27. The average Bonchev–Trinajstić information content (AvgIpc) is 2.39. The van der Waals surface area contributed by atoms with E-state index in [2.05, 4.69) is 50.4 Å². The van der Waals surface area contributed by atoms with Gasteiger partial charge in [-0.2, -0.15) is 0 Å². The number of halogens is 2. The first-order valence-corrected chi connectivity index (χ1v) is 7.50. The monoisotopic (exact) mass is 307 g/mol. The van der Waals surface area contributed by atoms with Gasteiger partial charge in [0.15, 0.2) is 0 Å². The summed E-state index contributed by atoms with van der Waals surface area (Å²) in [5.74, 6) is 0. The lowest BCUT2D eigenvalue weighted by molar-refractivity contribution is 0.495. The quantitative estimate of drug-likeness (QED) is 0.762. The largest absolute Gasteiger partial charge is 0.304 e. The van der Waals surface area contributed by atoms with Crippen LogP contribution in [0.3, 0.4) is 0 Å². The van der Waals surface area contributed by atoms with Gasteiger partial charge in [0.1, 0.15) is 0 Å². The maximum atomic E-state index is 6.25. The third-order valence-corrected chi connectivity index (χ3v) is 4.07. The molecule has 0 aliphatic carbocycles. The summed E-state index contributed by atoms with van der Waals surface area (Å²) in [5.41, 5.74) is 3.61. The molecule has 0 heterocycles. The number of hydrogen-bond donors (Lipinski definition) is 1. The Morgan fingerprint density at radius 2 is 1.55 bits per heavy atom. The summed E-state index contributed by atoms with van der Waals surface area (Å²) >= 11 is 12.2. The molecule has 0 spiro atoms. The molecular formula is C17H19Cl2N. The Kier molecular flexibility index (Phi) is 5.09. The van der Waals surface area contributed by atoms with Crippen molar-refractivity contribution in [2.45, 2.75) is 32.9 Å². The van der Waals surface area contributed by atoms with Crippen molar-refractivity contribution in [2.24, 2.45) is 0 Å². The third kappa shape index (κ3) is 3.76. The Balaban J connectivity index is 2.10. The first-order valence-electron chi connectivity index (χ1n) is 6.75. The number of rotatable bonds is 4. The van der Waals surface area contributed by atoms with E-state index in [0.717, 1.165) is 5.56 Å². The molecule has 1 unspecified atom stereocenters. The second-order valence-corrected chi connectivity index (χ2v) is 6.03. The average molecular weight is 308 g/mol. The molecule has 0 bridgehead atoms. The van der Waals surface area contributed by atoms with E-state index < -0.39 is 0 Å². The SMILES string of the molecule is Cc1ccc([C@@H](C)NC(C)c2ccc(Cl)cc2Cl)cc1. The van der Waals surface area contributed by atoms with Crippen LogP contribution in [-0.2, 0) is 0 Å². The van der Waals surface area contributed by atoms with Gasteiger partial charge >= 0.3 is 0 Å². The van der Waals surface area contributed by atoms with Crippen molar-refractivity contribution in [1.29, 1.82) is 0 Å². The molecule has 0 fully saturated rings. The van der Waals surface area contributed by atoms with Crippen LogP contribution in [-0.4, -0.2) is 0 Å². The van der Waals surface area contributed by atoms with Crippen LogP contribution in [0.4, 0.5) is 0 Å². The highest BCUT2D eigenvalue weighted by Gasteiger charge is 2.13. The summed E-state index contributed by atoms with van der Waals surface area (Å²) in [5, 5.41) is 4.93. The molecule has 0 radical (unpaired) electrons. The second-order valence-electron chi connectivity index (χ2n) is 5.19. The zero-order valence-corrected chi connectivity index (χ0v) is 13.5. The molecule has 1 nitrogen and oxygen atoms in total. The summed E-state index contributed by atoms with van der Waals surface area (Å²) in [4.78, 5) is 0. The lowest BCUT2D eigenvalue weighted by Crippen LogP contribution is -2.22. The molecule has 2 atom stereocenters. The van der Waals surface area contributed by atoms with Crippen LogP contribution in [0.25, 0.3) is 0 Å². The second kappa shape index (κ2) is 6.62. The summed E-state index contributed by atoms with van der Waals surface area (Å²) < 4.78 is 0. The molecule has 0 saturated carbocycles. The molecular weight excluding hydrogens is 289 g/mol. The van der Waals surface area contributed by atoms with Crippen LogP contribution >= 0.6 is 23.2 Å². The molecule has 3 heteroatoms. The van der Waals surface area contributed by atoms with Gasteiger partial charge in [0.05, 0.1) is 0 Å². The van der Waals surface area contributed by atoms with E-state index in [1.165, 1.54) is 11.1 Å². The highest BCUT2D eigenvalue weighted by Crippen LogP contribution is 2.28. The van der Waals surface area contributed by atoms with Gasteiger partial charge in [0.2, 0.25) is 0 Å². The first-order chi connectivity index (χ1) is 9.47. The number of benzene rings is 2. The molecule has 106 valence electrons. The minimum atomic E-state index is 0.163. The van der Waals surface area contributed by atoms with E-state index in [0.29, 0.717) is 10.0 Å². The van der Waals surface area contributed by atoms with Gasteiger partial charge in [-0.25, -0.2) is 0 Å². The Labute approximate surface area is 130 Å². The standard InChI is InChI=1S/C17H19Cl2N/c1-11-4-6-14(7-5-11)12(2)20-13(3)16-9-8-15(18)10-17(16)19/h4-10,12-13,20H,1-3H3/t12-,13?/m1/s1. The minimum Gasteiger partial charge on any atom is -0.304 e. The van der Waals surface area contributed by atoms with Crippen molar-refractivity contribution in [3.8, 4) is 0 Å². The minimum absolute atomic E-state index is 0.163. The first kappa shape index (κ1) is 15.4. The highest BCUT2D eigenvalue weighted by atomic mass is 35.5. The Bertz CT molecular complexity index is 578. The van der Waals surface area contributed by atoms with Crippen molar-refractivity contribution in [3.63, 3.8) is 0 Å². The predicted molar refractivity (Wildman–Crippen MR) is 87.6 cm³/mol. The Morgan fingerprint density at radius 3 is 2.15 bits per heavy atom. The van der Waals surface area contributed by atoms with Crippen LogP contribution < -0.4 is 5.32 Å². The number of aryl methyl sites for hydroxylation is 1. The Hall–Kier alpha value is -1.02. The lowest BCUT2D eigenvalue weighted by atomic mass is 10.0. The van der Waals surface area contributed by atoms with Crippen molar-refractivity contribution < 1.29 is 0 Å². The van der Waals surface area contributed by atoms with Crippen LogP contribution in [0.15, 0.2) is 42.5 Å². The van der Waals surface area contributed by atoms with Gasteiger partial charge in [-0.15, -0.1) is 0 Å². The number of nitrogens with one attached hydrogen (secondary N) is 1. The highest BCUT2D eigenvalue weighted by molar-refractivity contribution is 6.35. The predicted octanol–water partition coefficient (Wildman–Crippen LogP) is 5.71. The molecule has 2 rings (SSSR count). The molecule has 0 aliphatic heterocycles. The lowest BCUT2D eigenvalue weighted by Gasteiger charge is -2.22.